The van der Waals surface area contributed by atoms with Crippen LogP contribution in [0.1, 0.15) is 21.1 Å². The first kappa shape index (κ1) is 10.9. The lowest BCUT2D eigenvalue weighted by molar-refractivity contribution is 0.0953. The monoisotopic (exact) mass is 236 g/mol. The summed E-state index contributed by atoms with van der Waals surface area (Å²) >= 11 is 1.62. The number of aromatic nitrogens is 1. The molecule has 16 heavy (non-hydrogen) atoms. The van der Waals surface area contributed by atoms with Crippen molar-refractivity contribution in [1.82, 2.24) is 10.3 Å². The van der Waals surface area contributed by atoms with E-state index in [1.54, 1.807) is 17.4 Å². The van der Waals surface area contributed by atoms with Crippen LogP contribution in [0.15, 0.2) is 28.4 Å². The molecule has 0 aromatic carbocycles. The van der Waals surface area contributed by atoms with E-state index in [0.717, 1.165) is 17.1 Å². The van der Waals surface area contributed by atoms with Gasteiger partial charge < -0.3 is 9.73 Å². The Hall–Kier alpha value is -1.62. The maximum absolute atomic E-state index is 11.5. The lowest BCUT2D eigenvalue weighted by Gasteiger charge is -2.00. The van der Waals surface area contributed by atoms with Gasteiger partial charge in [0.2, 0.25) is 0 Å². The lowest BCUT2D eigenvalue weighted by atomic mass is 10.3. The quantitative estimate of drug-likeness (QED) is 0.883. The number of hydrogen-bond acceptors (Lipinski definition) is 4. The Kier molecular flexibility index (Phi) is 3.36. The van der Waals surface area contributed by atoms with E-state index < -0.39 is 0 Å². The van der Waals surface area contributed by atoms with Crippen molar-refractivity contribution in [3.63, 3.8) is 0 Å². The zero-order chi connectivity index (χ0) is 11.4. The van der Waals surface area contributed by atoms with Crippen LogP contribution in [0, 0.1) is 6.92 Å². The highest BCUT2D eigenvalue weighted by Crippen LogP contribution is 2.08. The second-order valence-electron chi connectivity index (χ2n) is 3.40. The number of aryl methyl sites for hydroxylation is 1. The molecule has 1 N–H and O–H groups in total. The minimum absolute atomic E-state index is 0.109. The molecule has 84 valence electrons. The van der Waals surface area contributed by atoms with Crippen molar-refractivity contribution in [3.05, 3.63) is 40.2 Å². The summed E-state index contributed by atoms with van der Waals surface area (Å²) in [5.41, 5.74) is 1.58. The molecular weight excluding hydrogens is 224 g/mol. The predicted molar refractivity (Wildman–Crippen MR) is 61.6 cm³/mol. The Morgan fingerprint density at radius 1 is 1.62 bits per heavy atom. The van der Waals surface area contributed by atoms with Gasteiger partial charge in [-0.25, -0.2) is 4.98 Å². The lowest BCUT2D eigenvalue weighted by Crippen LogP contribution is -2.25. The molecule has 0 bridgehead atoms. The van der Waals surface area contributed by atoms with Crippen molar-refractivity contribution in [2.24, 2.45) is 0 Å². The molecular formula is C11H12N2O2S. The van der Waals surface area contributed by atoms with Crippen LogP contribution in [0.2, 0.25) is 0 Å². The number of furan rings is 1. The van der Waals surface area contributed by atoms with Crippen LogP contribution in [-0.2, 0) is 6.42 Å². The maximum atomic E-state index is 11.5. The number of rotatable bonds is 4. The van der Waals surface area contributed by atoms with Crippen LogP contribution in [0.25, 0.3) is 0 Å². The summed E-state index contributed by atoms with van der Waals surface area (Å²) in [6.07, 6.45) is 3.68. The van der Waals surface area contributed by atoms with E-state index in [9.17, 15) is 4.79 Å². The smallest absolute Gasteiger partial charge is 0.254 e. The van der Waals surface area contributed by atoms with Crippen LogP contribution >= 0.6 is 11.3 Å². The van der Waals surface area contributed by atoms with E-state index in [0.29, 0.717) is 12.1 Å². The average Bonchev–Trinajstić information content (AvgIpc) is 2.89. The molecule has 1 amide bonds. The second kappa shape index (κ2) is 4.94. The Bertz CT molecular complexity index is 462. The minimum Gasteiger partial charge on any atom is -0.472 e. The van der Waals surface area contributed by atoms with Crippen LogP contribution in [0.5, 0.6) is 0 Å². The Morgan fingerprint density at radius 2 is 2.50 bits per heavy atom. The maximum Gasteiger partial charge on any atom is 0.254 e. The summed E-state index contributed by atoms with van der Waals surface area (Å²) < 4.78 is 4.83. The first-order chi connectivity index (χ1) is 7.75. The molecule has 2 rings (SSSR count). The molecule has 2 aromatic rings. The van der Waals surface area contributed by atoms with Crippen LogP contribution in [0.4, 0.5) is 0 Å². The Balaban J connectivity index is 1.78. The van der Waals surface area contributed by atoms with Crippen LogP contribution in [-0.4, -0.2) is 17.4 Å². The summed E-state index contributed by atoms with van der Waals surface area (Å²) in [6, 6.07) is 1.64. The molecule has 2 heterocycles. The highest BCUT2D eigenvalue weighted by Gasteiger charge is 2.06. The summed E-state index contributed by atoms with van der Waals surface area (Å²) in [5.74, 6) is -0.109. The van der Waals surface area contributed by atoms with Gasteiger partial charge >= 0.3 is 0 Å². The van der Waals surface area contributed by atoms with Crippen LogP contribution in [0.3, 0.4) is 0 Å². The number of hydrogen-bond donors (Lipinski definition) is 1. The minimum atomic E-state index is -0.109. The van der Waals surface area contributed by atoms with Crippen molar-refractivity contribution in [3.8, 4) is 0 Å². The molecule has 0 spiro atoms. The third-order valence-corrected chi connectivity index (χ3v) is 3.10. The summed E-state index contributed by atoms with van der Waals surface area (Å²) in [7, 11) is 0. The largest absolute Gasteiger partial charge is 0.472 e. The third-order valence-electron chi connectivity index (χ3n) is 2.07. The van der Waals surface area contributed by atoms with Crippen molar-refractivity contribution in [2.75, 3.05) is 6.54 Å². The summed E-state index contributed by atoms with van der Waals surface area (Å²) in [6.45, 7) is 2.56. The number of carbonyl (C=O) groups is 1. The van der Waals surface area contributed by atoms with E-state index in [1.165, 1.54) is 12.5 Å². The zero-order valence-corrected chi connectivity index (χ0v) is 9.71. The fourth-order valence-electron chi connectivity index (χ4n) is 1.30. The number of carbonyl (C=O) groups excluding carboxylic acids is 1. The van der Waals surface area contributed by atoms with Crippen molar-refractivity contribution in [2.45, 2.75) is 13.3 Å². The Morgan fingerprint density at radius 3 is 3.12 bits per heavy atom. The van der Waals surface area contributed by atoms with Crippen molar-refractivity contribution in [1.29, 1.82) is 0 Å². The number of nitrogens with one attached hydrogen (secondary N) is 1. The van der Waals surface area contributed by atoms with Gasteiger partial charge in [0.15, 0.2) is 0 Å². The summed E-state index contributed by atoms with van der Waals surface area (Å²) in [5, 5.41) is 5.86. The van der Waals surface area contributed by atoms with E-state index >= 15 is 0 Å². The van der Waals surface area contributed by atoms with E-state index in [-0.39, 0.29) is 5.91 Å². The predicted octanol–water partition coefficient (Wildman–Crippen LogP) is 2.02. The van der Waals surface area contributed by atoms with E-state index in [2.05, 4.69) is 10.3 Å². The molecule has 2 aromatic heterocycles. The highest BCUT2D eigenvalue weighted by atomic mass is 32.1. The molecule has 0 aliphatic rings. The molecule has 0 saturated heterocycles. The summed E-state index contributed by atoms with van der Waals surface area (Å²) in [4.78, 5) is 15.8. The van der Waals surface area contributed by atoms with E-state index in [1.807, 2.05) is 12.3 Å². The zero-order valence-electron chi connectivity index (χ0n) is 8.90. The molecule has 0 fully saturated rings. The second-order valence-corrected chi connectivity index (χ2v) is 4.34. The first-order valence-corrected chi connectivity index (χ1v) is 5.85. The van der Waals surface area contributed by atoms with Gasteiger partial charge in [-0.05, 0) is 13.0 Å². The molecule has 4 nitrogen and oxygen atoms in total. The molecule has 0 aliphatic heterocycles. The highest BCUT2D eigenvalue weighted by molar-refractivity contribution is 7.09. The van der Waals surface area contributed by atoms with Crippen LogP contribution < -0.4 is 5.32 Å². The van der Waals surface area contributed by atoms with Gasteiger partial charge in [0.05, 0.1) is 16.8 Å². The molecule has 0 atom stereocenters. The number of thiazole rings is 1. The number of amides is 1. The molecule has 5 heteroatoms. The standard InChI is InChI=1S/C11H12N2O2S/c1-8-7-16-10(13-8)2-4-12-11(14)9-3-5-15-6-9/h3,5-7H,2,4H2,1H3,(H,12,14). The van der Waals surface area contributed by atoms with Gasteiger partial charge in [-0.15, -0.1) is 11.3 Å². The average molecular weight is 236 g/mol. The van der Waals surface area contributed by atoms with Gasteiger partial charge in [0, 0.05) is 24.0 Å². The van der Waals surface area contributed by atoms with Crippen molar-refractivity contribution < 1.29 is 9.21 Å². The molecule has 0 aliphatic carbocycles. The van der Waals surface area contributed by atoms with Crippen molar-refractivity contribution >= 4 is 17.2 Å². The molecule has 0 radical (unpaired) electrons. The number of nitrogens with zero attached hydrogens (tertiary/aromatic N) is 1. The van der Waals surface area contributed by atoms with Gasteiger partial charge in [0.25, 0.3) is 5.91 Å². The van der Waals surface area contributed by atoms with E-state index in [4.69, 9.17) is 4.42 Å². The van der Waals surface area contributed by atoms with Gasteiger partial charge in [-0.3, -0.25) is 4.79 Å². The normalized spacial score (nSPS) is 10.3. The van der Waals surface area contributed by atoms with Gasteiger partial charge in [-0.1, -0.05) is 0 Å². The first-order valence-electron chi connectivity index (χ1n) is 4.97. The van der Waals surface area contributed by atoms with Gasteiger partial charge in [0.1, 0.15) is 6.26 Å². The fourth-order valence-corrected chi connectivity index (χ4v) is 2.07. The fraction of sp³-hybridized carbons (Fsp3) is 0.273. The Labute approximate surface area is 97.3 Å². The molecule has 0 unspecified atom stereocenters. The molecule has 0 saturated carbocycles. The SMILES string of the molecule is Cc1csc(CCNC(=O)c2ccoc2)n1. The van der Waals surface area contributed by atoms with Gasteiger partial charge in [-0.2, -0.15) is 0 Å². The topological polar surface area (TPSA) is 55.1 Å². The third kappa shape index (κ3) is 2.70.